The number of rotatable bonds is 3. The summed E-state index contributed by atoms with van der Waals surface area (Å²) < 4.78 is 2.22. The van der Waals surface area contributed by atoms with E-state index < -0.39 is 0 Å². The molecule has 0 unspecified atom stereocenters. The molecule has 5 heteroatoms. The molecule has 4 fully saturated rings. The zero-order valence-corrected chi connectivity index (χ0v) is 19.6. The maximum Gasteiger partial charge on any atom is 0.162 e. The van der Waals surface area contributed by atoms with Crippen LogP contribution in [0.4, 0.5) is 5.69 Å². The first-order valence-corrected chi connectivity index (χ1v) is 12.3. The molecule has 4 saturated carbocycles. The van der Waals surface area contributed by atoms with E-state index in [1.54, 1.807) is 0 Å². The Morgan fingerprint density at radius 1 is 0.759 bits per heavy atom. The smallest absolute Gasteiger partial charge is 0.162 e. The second kappa shape index (κ2) is 6.84. The number of hydrogen-bond acceptors (Lipinski definition) is 3. The van der Waals surface area contributed by atoms with Gasteiger partial charge in [-0.05, 0) is 92.7 Å². The summed E-state index contributed by atoms with van der Waals surface area (Å²) in [6.45, 7) is 0.860. The van der Waals surface area contributed by atoms with Gasteiger partial charge in [-0.25, -0.2) is 0 Å². The maximum absolute atomic E-state index is 5.31. The summed E-state index contributed by atoms with van der Waals surface area (Å²) in [6, 6.07) is 17.2. The van der Waals surface area contributed by atoms with Crippen molar-refractivity contribution >= 4 is 43.4 Å². The van der Waals surface area contributed by atoms with Gasteiger partial charge in [0.15, 0.2) is 5.84 Å². The zero-order valence-electron chi connectivity index (χ0n) is 16.4. The number of amidine groups is 1. The Morgan fingerprint density at radius 2 is 1.28 bits per heavy atom. The van der Waals surface area contributed by atoms with E-state index in [-0.39, 0.29) is 5.54 Å². The number of nitrogens with zero attached hydrogens (tertiary/aromatic N) is 3. The molecule has 0 atom stereocenters. The Labute approximate surface area is 189 Å². The van der Waals surface area contributed by atoms with Crippen LogP contribution >= 0.6 is 31.9 Å². The van der Waals surface area contributed by atoms with Crippen LogP contribution in [0.1, 0.15) is 44.1 Å². The van der Waals surface area contributed by atoms with Crippen LogP contribution in [0.3, 0.4) is 0 Å². The van der Waals surface area contributed by atoms with E-state index in [0.29, 0.717) is 0 Å². The first kappa shape index (κ1) is 18.4. The number of halogens is 2. The number of hydrogen-bond donors (Lipinski definition) is 0. The second-order valence-corrected chi connectivity index (χ2v) is 11.3. The minimum atomic E-state index is 0.277. The van der Waals surface area contributed by atoms with Gasteiger partial charge >= 0.3 is 0 Å². The quantitative estimate of drug-likeness (QED) is 0.458. The van der Waals surface area contributed by atoms with Crippen LogP contribution in [0, 0.1) is 17.8 Å². The van der Waals surface area contributed by atoms with Crippen LogP contribution < -0.4 is 4.90 Å². The average Bonchev–Trinajstić information content (AvgIpc) is 3.14. The summed E-state index contributed by atoms with van der Waals surface area (Å²) in [6.07, 6.45) is 8.41. The van der Waals surface area contributed by atoms with Crippen molar-refractivity contribution in [3.05, 3.63) is 63.0 Å². The molecule has 2 aromatic rings. The molecule has 5 aliphatic rings. The van der Waals surface area contributed by atoms with Crippen molar-refractivity contribution < 1.29 is 0 Å². The van der Waals surface area contributed by atoms with Crippen LogP contribution in [-0.2, 0) is 0 Å². The van der Waals surface area contributed by atoms with E-state index in [1.807, 2.05) is 0 Å². The Bertz CT molecular complexity index is 916. The highest BCUT2D eigenvalue weighted by molar-refractivity contribution is 9.10. The van der Waals surface area contributed by atoms with Gasteiger partial charge in [-0.2, -0.15) is 5.10 Å². The molecule has 0 saturated heterocycles. The highest BCUT2D eigenvalue weighted by Gasteiger charge is 2.55. The van der Waals surface area contributed by atoms with Crippen molar-refractivity contribution in [3.63, 3.8) is 0 Å². The molecule has 7 rings (SSSR count). The van der Waals surface area contributed by atoms with Crippen molar-refractivity contribution in [3.8, 4) is 0 Å². The molecule has 3 nitrogen and oxygen atoms in total. The minimum absolute atomic E-state index is 0.277. The van der Waals surface area contributed by atoms with Gasteiger partial charge in [-0.15, -0.1) is 0 Å². The van der Waals surface area contributed by atoms with Crippen LogP contribution in [-0.4, -0.2) is 23.1 Å². The van der Waals surface area contributed by atoms with Crippen LogP contribution in [0.5, 0.6) is 0 Å². The lowest BCUT2D eigenvalue weighted by atomic mass is 9.53. The van der Waals surface area contributed by atoms with Gasteiger partial charge in [0.2, 0.25) is 0 Å². The molecule has 0 spiro atoms. The van der Waals surface area contributed by atoms with Crippen molar-refractivity contribution in [2.24, 2.45) is 22.9 Å². The van der Waals surface area contributed by atoms with Crippen LogP contribution in [0.15, 0.2) is 62.6 Å². The number of benzene rings is 2. The predicted octanol–water partition coefficient (Wildman–Crippen LogP) is 6.62. The zero-order chi connectivity index (χ0) is 19.6. The molecule has 0 amide bonds. The van der Waals surface area contributed by atoms with Crippen LogP contribution in [0.2, 0.25) is 0 Å². The minimum Gasteiger partial charge on any atom is -0.305 e. The van der Waals surface area contributed by atoms with E-state index in [2.05, 4.69) is 90.3 Å². The lowest BCUT2D eigenvalue weighted by Gasteiger charge is -2.59. The van der Waals surface area contributed by atoms with Crippen molar-refractivity contribution in [1.82, 2.24) is 5.01 Å². The Kier molecular flexibility index (Phi) is 4.35. The normalized spacial score (nSPS) is 32.8. The third kappa shape index (κ3) is 3.16. The second-order valence-electron chi connectivity index (χ2n) is 9.52. The molecule has 1 aliphatic heterocycles. The van der Waals surface area contributed by atoms with Gasteiger partial charge in [-0.1, -0.05) is 44.0 Å². The fourth-order valence-corrected chi connectivity index (χ4v) is 7.20. The molecule has 2 aromatic carbocycles. The SMILES string of the molecule is Brc1ccc(C2=NN(C34CC5CC(CC(C5)C3)C4)CN2c2ccc(Br)cc2)cc1. The van der Waals surface area contributed by atoms with Gasteiger partial charge in [0.25, 0.3) is 0 Å². The molecular weight excluding hydrogens is 490 g/mol. The van der Waals surface area contributed by atoms with E-state index in [0.717, 1.165) is 39.2 Å². The lowest BCUT2D eigenvalue weighted by molar-refractivity contribution is -0.0841. The molecule has 1 heterocycles. The first-order chi connectivity index (χ1) is 14.1. The summed E-state index contributed by atoms with van der Waals surface area (Å²) in [4.78, 5) is 2.40. The van der Waals surface area contributed by atoms with E-state index in [9.17, 15) is 0 Å². The van der Waals surface area contributed by atoms with Gasteiger partial charge < -0.3 is 4.90 Å². The third-order valence-corrected chi connectivity index (χ3v) is 8.60. The maximum atomic E-state index is 5.31. The average molecular weight is 515 g/mol. The summed E-state index contributed by atoms with van der Waals surface area (Å²) >= 11 is 7.15. The van der Waals surface area contributed by atoms with Gasteiger partial charge in [0.05, 0.1) is 5.54 Å². The molecule has 29 heavy (non-hydrogen) atoms. The molecule has 150 valence electrons. The largest absolute Gasteiger partial charge is 0.305 e. The summed E-state index contributed by atoms with van der Waals surface area (Å²) in [7, 11) is 0. The predicted molar refractivity (Wildman–Crippen MR) is 125 cm³/mol. The summed E-state index contributed by atoms with van der Waals surface area (Å²) in [5.41, 5.74) is 2.67. The van der Waals surface area contributed by atoms with Gasteiger partial charge in [0, 0.05) is 20.2 Å². The van der Waals surface area contributed by atoms with Crippen molar-refractivity contribution in [1.29, 1.82) is 0 Å². The standard InChI is InChI=1S/C24H25Br2N3/c25-20-3-1-19(2-4-20)23-27-29(15-28(23)22-7-5-21(26)6-8-22)24-12-16-9-17(13-24)11-18(10-16)14-24/h1-8,16-18H,9-15H2. The van der Waals surface area contributed by atoms with E-state index >= 15 is 0 Å². The molecule has 4 aliphatic carbocycles. The number of anilines is 1. The summed E-state index contributed by atoms with van der Waals surface area (Å²) in [5.74, 6) is 3.86. The van der Waals surface area contributed by atoms with E-state index in [4.69, 9.17) is 5.10 Å². The van der Waals surface area contributed by atoms with Crippen LogP contribution in [0.25, 0.3) is 0 Å². The monoisotopic (exact) mass is 513 g/mol. The Morgan fingerprint density at radius 3 is 1.83 bits per heavy atom. The van der Waals surface area contributed by atoms with Gasteiger partial charge in [0.1, 0.15) is 6.67 Å². The Hall–Kier alpha value is -1.33. The molecule has 0 aromatic heterocycles. The Balaban J connectivity index is 1.39. The third-order valence-electron chi connectivity index (χ3n) is 7.54. The van der Waals surface area contributed by atoms with E-state index in [1.165, 1.54) is 49.8 Å². The highest BCUT2D eigenvalue weighted by atomic mass is 79.9. The molecular formula is C24H25Br2N3. The first-order valence-electron chi connectivity index (χ1n) is 10.7. The fraction of sp³-hybridized carbons (Fsp3) is 0.458. The van der Waals surface area contributed by atoms with Gasteiger partial charge in [-0.3, -0.25) is 5.01 Å². The topological polar surface area (TPSA) is 18.8 Å². The van der Waals surface area contributed by atoms with Crippen molar-refractivity contribution in [2.45, 2.75) is 44.1 Å². The highest BCUT2D eigenvalue weighted by Crippen LogP contribution is 2.58. The lowest BCUT2D eigenvalue weighted by Crippen LogP contribution is -2.58. The molecule has 0 N–H and O–H groups in total. The summed E-state index contributed by atoms with van der Waals surface area (Å²) in [5, 5.41) is 7.79. The molecule has 0 radical (unpaired) electrons. The van der Waals surface area contributed by atoms with Crippen molar-refractivity contribution in [2.75, 3.05) is 11.6 Å². The molecule has 4 bridgehead atoms. The number of hydrazone groups is 1. The fourth-order valence-electron chi connectivity index (χ4n) is 6.68.